The van der Waals surface area contributed by atoms with Crippen molar-refractivity contribution < 1.29 is 31.4 Å². The van der Waals surface area contributed by atoms with Crippen molar-refractivity contribution in [2.45, 2.75) is 12.4 Å². The van der Waals surface area contributed by atoms with Crippen LogP contribution in [0.3, 0.4) is 0 Å². The predicted molar refractivity (Wildman–Crippen MR) is 36.6 cm³/mol. The maximum absolute atomic E-state index is 12.0. The second-order valence-electron chi connectivity index (χ2n) is 2.71. The molecule has 0 unspecified atom stereocenters. The molecular formula is C8H3F6O. The summed E-state index contributed by atoms with van der Waals surface area (Å²) >= 11 is 0. The molecule has 0 atom stereocenters. The zero-order chi connectivity index (χ0) is 11.9. The van der Waals surface area contributed by atoms with E-state index in [1.165, 1.54) is 0 Å². The third-order valence-electron chi connectivity index (χ3n) is 1.61. The Morgan fingerprint density at radius 1 is 0.867 bits per heavy atom. The summed E-state index contributed by atoms with van der Waals surface area (Å²) in [6.07, 6.45) is -9.97. The van der Waals surface area contributed by atoms with Crippen LogP contribution >= 0.6 is 0 Å². The van der Waals surface area contributed by atoms with Gasteiger partial charge in [-0.1, -0.05) is 0 Å². The van der Waals surface area contributed by atoms with Gasteiger partial charge in [0.15, 0.2) is 5.75 Å². The summed E-state index contributed by atoms with van der Waals surface area (Å²) in [4.78, 5) is 0. The molecule has 0 saturated carbocycles. The first-order chi connectivity index (χ1) is 6.62. The van der Waals surface area contributed by atoms with Gasteiger partial charge in [-0.05, 0) is 18.2 Å². The van der Waals surface area contributed by atoms with Crippen LogP contribution in [0.5, 0.6) is 5.75 Å². The van der Waals surface area contributed by atoms with E-state index in [-0.39, 0.29) is 12.1 Å². The summed E-state index contributed by atoms with van der Waals surface area (Å²) in [7, 11) is 0. The molecule has 1 aromatic rings. The van der Waals surface area contributed by atoms with E-state index >= 15 is 0 Å². The maximum atomic E-state index is 12.0. The normalized spacial score (nSPS) is 12.9. The fraction of sp³-hybridized carbons (Fsp3) is 0.250. The molecule has 0 saturated heterocycles. The number of benzene rings is 1. The van der Waals surface area contributed by atoms with E-state index in [4.69, 9.17) is 0 Å². The highest BCUT2D eigenvalue weighted by molar-refractivity contribution is 5.38. The van der Waals surface area contributed by atoms with Gasteiger partial charge in [0.2, 0.25) is 0 Å². The van der Waals surface area contributed by atoms with Crippen LogP contribution in [0.1, 0.15) is 11.1 Å². The van der Waals surface area contributed by atoms with Gasteiger partial charge in [0.1, 0.15) is 5.56 Å². The molecule has 0 fully saturated rings. The number of hydrogen-bond acceptors (Lipinski definition) is 0. The van der Waals surface area contributed by atoms with Crippen LogP contribution in [-0.2, 0) is 17.5 Å². The standard InChI is InChI=1S/C8H3F6O/c9-7(10,11)4-1-2-6(15)5(3-4)8(12,13)14/h1-3H. The van der Waals surface area contributed by atoms with Gasteiger partial charge < -0.3 is 0 Å². The van der Waals surface area contributed by atoms with E-state index < -0.39 is 29.2 Å². The first kappa shape index (κ1) is 11.7. The molecule has 1 nitrogen and oxygen atoms in total. The van der Waals surface area contributed by atoms with Gasteiger partial charge in [-0.25, -0.2) is 0 Å². The minimum atomic E-state index is -5.07. The third kappa shape index (κ3) is 2.54. The summed E-state index contributed by atoms with van der Waals surface area (Å²) in [6, 6.07) is 0.381. The van der Waals surface area contributed by atoms with Crippen molar-refractivity contribution in [2.24, 2.45) is 0 Å². The monoisotopic (exact) mass is 229 g/mol. The van der Waals surface area contributed by atoms with Crippen molar-refractivity contribution in [3.8, 4) is 5.75 Å². The molecule has 1 aromatic carbocycles. The van der Waals surface area contributed by atoms with Crippen molar-refractivity contribution in [3.05, 3.63) is 29.3 Å². The van der Waals surface area contributed by atoms with Gasteiger partial charge in [-0.15, -0.1) is 0 Å². The van der Waals surface area contributed by atoms with Crippen molar-refractivity contribution in [1.29, 1.82) is 0 Å². The van der Waals surface area contributed by atoms with Crippen LogP contribution in [0.2, 0.25) is 0 Å². The molecule has 0 spiro atoms. The summed E-state index contributed by atoms with van der Waals surface area (Å²) < 4.78 is 72.2. The quantitative estimate of drug-likeness (QED) is 0.602. The van der Waals surface area contributed by atoms with Crippen LogP contribution in [0.25, 0.3) is 0 Å². The van der Waals surface area contributed by atoms with Gasteiger partial charge in [-0.2, -0.15) is 26.3 Å². The number of hydrogen-bond donors (Lipinski definition) is 0. The molecule has 0 heterocycles. The summed E-state index contributed by atoms with van der Waals surface area (Å²) in [5, 5.41) is 10.7. The van der Waals surface area contributed by atoms with Crippen LogP contribution in [0.4, 0.5) is 26.3 Å². The average Bonchev–Trinajstić information content (AvgIpc) is 2.00. The lowest BCUT2D eigenvalue weighted by molar-refractivity contribution is -0.144. The largest absolute Gasteiger partial charge is 0.420 e. The van der Waals surface area contributed by atoms with E-state index in [0.717, 1.165) is 0 Å². The summed E-state index contributed by atoms with van der Waals surface area (Å²) in [5.74, 6) is -1.48. The van der Waals surface area contributed by atoms with Gasteiger partial charge in [0.05, 0.1) is 5.56 Å². The third-order valence-corrected chi connectivity index (χ3v) is 1.61. The topological polar surface area (TPSA) is 19.9 Å². The fourth-order valence-corrected chi connectivity index (χ4v) is 0.928. The lowest BCUT2D eigenvalue weighted by Gasteiger charge is -2.11. The highest BCUT2D eigenvalue weighted by atomic mass is 19.4. The molecule has 0 bridgehead atoms. The zero-order valence-corrected chi connectivity index (χ0v) is 6.91. The lowest BCUT2D eigenvalue weighted by Crippen LogP contribution is -2.10. The Hall–Kier alpha value is -1.40. The smallest absolute Gasteiger partial charge is 0.289 e. The molecule has 0 amide bonds. The Labute approximate surface area is 79.9 Å². The van der Waals surface area contributed by atoms with E-state index in [9.17, 15) is 31.4 Å². The lowest BCUT2D eigenvalue weighted by atomic mass is 10.1. The highest BCUT2D eigenvalue weighted by Gasteiger charge is 2.38. The molecule has 0 N–H and O–H groups in total. The number of halogens is 6. The number of alkyl halides is 6. The van der Waals surface area contributed by atoms with Crippen molar-refractivity contribution >= 4 is 0 Å². The SMILES string of the molecule is [O]c1ccc(C(F)(F)F)cc1C(F)(F)F. The minimum absolute atomic E-state index is 0.192. The van der Waals surface area contributed by atoms with E-state index in [0.29, 0.717) is 6.07 Å². The predicted octanol–water partition coefficient (Wildman–Crippen LogP) is 3.87. The molecule has 0 aromatic heterocycles. The Bertz CT molecular complexity index is 364. The Balaban J connectivity index is 3.30. The van der Waals surface area contributed by atoms with Crippen LogP contribution in [0.15, 0.2) is 18.2 Å². The number of rotatable bonds is 0. The van der Waals surface area contributed by atoms with Crippen molar-refractivity contribution in [2.75, 3.05) is 0 Å². The molecule has 83 valence electrons. The average molecular weight is 229 g/mol. The Morgan fingerprint density at radius 2 is 1.40 bits per heavy atom. The van der Waals surface area contributed by atoms with Crippen LogP contribution in [0, 0.1) is 0 Å². The molecule has 1 radical (unpaired) electrons. The first-order valence-corrected chi connectivity index (χ1v) is 3.58. The van der Waals surface area contributed by atoms with Crippen LogP contribution < -0.4 is 0 Å². The molecule has 0 aliphatic heterocycles. The van der Waals surface area contributed by atoms with Crippen LogP contribution in [-0.4, -0.2) is 0 Å². The molecule has 7 heteroatoms. The van der Waals surface area contributed by atoms with E-state index in [1.807, 2.05) is 0 Å². The van der Waals surface area contributed by atoms with Crippen molar-refractivity contribution in [3.63, 3.8) is 0 Å². The minimum Gasteiger partial charge on any atom is -0.289 e. The molecular weight excluding hydrogens is 226 g/mol. The highest BCUT2D eigenvalue weighted by Crippen LogP contribution is 2.39. The summed E-state index contributed by atoms with van der Waals surface area (Å²) in [6.45, 7) is 0. The van der Waals surface area contributed by atoms with Gasteiger partial charge in [-0.3, -0.25) is 5.11 Å². The molecule has 0 aliphatic rings. The second kappa shape index (κ2) is 3.32. The fourth-order valence-electron chi connectivity index (χ4n) is 0.928. The molecule has 15 heavy (non-hydrogen) atoms. The van der Waals surface area contributed by atoms with E-state index in [1.54, 1.807) is 0 Å². The molecule has 1 rings (SSSR count). The van der Waals surface area contributed by atoms with E-state index in [2.05, 4.69) is 0 Å². The zero-order valence-electron chi connectivity index (χ0n) is 6.91. The van der Waals surface area contributed by atoms with Gasteiger partial charge in [0.25, 0.3) is 0 Å². The summed E-state index contributed by atoms with van der Waals surface area (Å²) in [5.41, 5.74) is -3.30. The van der Waals surface area contributed by atoms with Gasteiger partial charge in [0, 0.05) is 0 Å². The van der Waals surface area contributed by atoms with Crippen molar-refractivity contribution in [1.82, 2.24) is 0 Å². The van der Waals surface area contributed by atoms with Gasteiger partial charge >= 0.3 is 12.4 Å². The maximum Gasteiger partial charge on any atom is 0.420 e. The second-order valence-corrected chi connectivity index (χ2v) is 2.71. The Kier molecular flexibility index (Phi) is 2.58. The Morgan fingerprint density at radius 3 is 1.80 bits per heavy atom. The molecule has 0 aliphatic carbocycles. The first-order valence-electron chi connectivity index (χ1n) is 3.58.